The van der Waals surface area contributed by atoms with Gasteiger partial charge in [-0.05, 0) is 44.0 Å². The molecule has 1 aliphatic heterocycles. The van der Waals surface area contributed by atoms with Gasteiger partial charge in [-0.25, -0.2) is 0 Å². The molecule has 0 saturated heterocycles. The Morgan fingerprint density at radius 1 is 1.12 bits per heavy atom. The third-order valence-corrected chi connectivity index (χ3v) is 3.19. The van der Waals surface area contributed by atoms with Crippen LogP contribution >= 0.6 is 0 Å². The van der Waals surface area contributed by atoms with Gasteiger partial charge in [0.2, 0.25) is 0 Å². The van der Waals surface area contributed by atoms with Crippen LogP contribution in [0.25, 0.3) is 11.3 Å². The monoisotopic (exact) mass is 212 g/mol. The highest BCUT2D eigenvalue weighted by molar-refractivity contribution is 5.79. The Morgan fingerprint density at radius 2 is 2.00 bits per heavy atom. The molecule has 2 aromatic rings. The number of H-pyrrole nitrogens is 1. The Balaban J connectivity index is 2.27. The van der Waals surface area contributed by atoms with Crippen molar-refractivity contribution in [3.8, 4) is 11.3 Å². The second-order valence-electron chi connectivity index (χ2n) is 4.58. The van der Waals surface area contributed by atoms with Crippen LogP contribution in [0, 0.1) is 13.8 Å². The number of hydrogen-bond donors (Lipinski definition) is 2. The van der Waals surface area contributed by atoms with Crippen LogP contribution in [0.1, 0.15) is 16.8 Å². The molecule has 0 amide bonds. The summed E-state index contributed by atoms with van der Waals surface area (Å²) in [7, 11) is 0. The molecular weight excluding hydrogens is 196 g/mol. The average Bonchev–Trinajstić information content (AvgIpc) is 2.54. The first-order valence-electron chi connectivity index (χ1n) is 5.77. The smallest absolute Gasteiger partial charge is 0.0510 e. The summed E-state index contributed by atoms with van der Waals surface area (Å²) in [5.74, 6) is 0. The molecule has 2 N–H and O–H groups in total. The van der Waals surface area contributed by atoms with Gasteiger partial charge in [0.25, 0.3) is 0 Å². The lowest BCUT2D eigenvalue weighted by atomic mass is 10.0. The number of fused-ring (bicyclic) bond motifs is 3. The lowest BCUT2D eigenvalue weighted by Gasteiger charge is -2.08. The third kappa shape index (κ3) is 1.42. The number of aromatic amines is 1. The number of nitrogens with one attached hydrogen (secondary N) is 2. The van der Waals surface area contributed by atoms with E-state index in [-0.39, 0.29) is 0 Å². The van der Waals surface area contributed by atoms with E-state index in [1.54, 1.807) is 0 Å². The summed E-state index contributed by atoms with van der Waals surface area (Å²) < 4.78 is 0. The van der Waals surface area contributed by atoms with Gasteiger partial charge >= 0.3 is 0 Å². The molecule has 16 heavy (non-hydrogen) atoms. The first kappa shape index (κ1) is 9.52. The standard InChI is InChI=1S/C14H16N2/c1-9-3-4-13-12(7-9)14-11(5-6-15-13)8-10(2)16-14/h3-4,7-8,15-16H,5-6H2,1-2H3. The highest BCUT2D eigenvalue weighted by atomic mass is 14.9. The molecule has 3 rings (SSSR count). The summed E-state index contributed by atoms with van der Waals surface area (Å²) in [5.41, 5.74) is 7.82. The van der Waals surface area contributed by atoms with Gasteiger partial charge < -0.3 is 10.3 Å². The van der Waals surface area contributed by atoms with Crippen molar-refractivity contribution in [1.29, 1.82) is 0 Å². The van der Waals surface area contributed by atoms with Gasteiger partial charge in [-0.3, -0.25) is 0 Å². The van der Waals surface area contributed by atoms with Gasteiger partial charge in [-0.2, -0.15) is 0 Å². The molecule has 0 fully saturated rings. The molecular formula is C14H16N2. The van der Waals surface area contributed by atoms with Crippen molar-refractivity contribution >= 4 is 5.69 Å². The van der Waals surface area contributed by atoms with E-state index in [9.17, 15) is 0 Å². The maximum absolute atomic E-state index is 3.48. The summed E-state index contributed by atoms with van der Waals surface area (Å²) in [6.45, 7) is 5.28. The molecule has 0 saturated carbocycles. The number of anilines is 1. The summed E-state index contributed by atoms with van der Waals surface area (Å²) >= 11 is 0. The van der Waals surface area contributed by atoms with Gasteiger partial charge in [-0.1, -0.05) is 11.6 Å². The van der Waals surface area contributed by atoms with E-state index in [1.807, 2.05) is 0 Å². The van der Waals surface area contributed by atoms with Crippen molar-refractivity contribution in [1.82, 2.24) is 4.98 Å². The minimum Gasteiger partial charge on any atom is -0.384 e. The number of aryl methyl sites for hydroxylation is 2. The first-order valence-corrected chi connectivity index (χ1v) is 5.77. The minimum absolute atomic E-state index is 1.01. The van der Waals surface area contributed by atoms with E-state index in [2.05, 4.69) is 48.4 Å². The Morgan fingerprint density at radius 3 is 2.88 bits per heavy atom. The van der Waals surface area contributed by atoms with E-state index in [1.165, 1.54) is 33.8 Å². The lowest BCUT2D eigenvalue weighted by molar-refractivity contribution is 1.04. The predicted octanol–water partition coefficient (Wildman–Crippen LogP) is 3.27. The summed E-state index contributed by atoms with van der Waals surface area (Å²) in [6.07, 6.45) is 1.09. The number of hydrogen-bond acceptors (Lipinski definition) is 1. The normalized spacial score (nSPS) is 13.6. The molecule has 0 bridgehead atoms. The quantitative estimate of drug-likeness (QED) is 0.689. The van der Waals surface area contributed by atoms with Crippen molar-refractivity contribution in [2.75, 3.05) is 11.9 Å². The van der Waals surface area contributed by atoms with Crippen molar-refractivity contribution in [2.45, 2.75) is 20.3 Å². The highest BCUT2D eigenvalue weighted by Crippen LogP contribution is 2.33. The van der Waals surface area contributed by atoms with E-state index in [0.717, 1.165) is 13.0 Å². The van der Waals surface area contributed by atoms with Crippen LogP contribution in [0.15, 0.2) is 24.3 Å². The fourth-order valence-electron chi connectivity index (χ4n) is 2.44. The highest BCUT2D eigenvalue weighted by Gasteiger charge is 2.15. The Kier molecular flexibility index (Phi) is 2.03. The summed E-state index contributed by atoms with van der Waals surface area (Å²) in [5, 5.41) is 3.48. The van der Waals surface area contributed by atoms with Gasteiger partial charge in [0, 0.05) is 23.5 Å². The van der Waals surface area contributed by atoms with Gasteiger partial charge in [-0.15, -0.1) is 0 Å². The molecule has 2 heterocycles. The molecule has 0 aliphatic carbocycles. The molecule has 2 nitrogen and oxygen atoms in total. The Bertz CT molecular complexity index is 538. The predicted molar refractivity (Wildman–Crippen MR) is 67.9 cm³/mol. The van der Waals surface area contributed by atoms with E-state index in [0.29, 0.717) is 0 Å². The van der Waals surface area contributed by atoms with E-state index < -0.39 is 0 Å². The largest absolute Gasteiger partial charge is 0.384 e. The zero-order valence-electron chi connectivity index (χ0n) is 9.72. The molecule has 2 heteroatoms. The van der Waals surface area contributed by atoms with Crippen LogP contribution < -0.4 is 5.32 Å². The van der Waals surface area contributed by atoms with Gasteiger partial charge in [0.05, 0.1) is 5.69 Å². The van der Waals surface area contributed by atoms with Crippen LogP contribution in [-0.2, 0) is 6.42 Å². The molecule has 1 aromatic heterocycles. The van der Waals surface area contributed by atoms with E-state index >= 15 is 0 Å². The van der Waals surface area contributed by atoms with Crippen LogP contribution in [0.2, 0.25) is 0 Å². The van der Waals surface area contributed by atoms with Gasteiger partial charge in [0.15, 0.2) is 0 Å². The molecule has 0 unspecified atom stereocenters. The number of rotatable bonds is 0. The van der Waals surface area contributed by atoms with Crippen molar-refractivity contribution in [2.24, 2.45) is 0 Å². The Labute approximate surface area is 95.7 Å². The van der Waals surface area contributed by atoms with Gasteiger partial charge in [0.1, 0.15) is 0 Å². The molecule has 0 radical (unpaired) electrons. The zero-order chi connectivity index (χ0) is 11.1. The number of benzene rings is 1. The molecule has 1 aliphatic rings. The van der Waals surface area contributed by atoms with Crippen LogP contribution in [0.5, 0.6) is 0 Å². The molecule has 82 valence electrons. The second kappa shape index (κ2) is 3.41. The molecule has 1 aromatic carbocycles. The summed E-state index contributed by atoms with van der Waals surface area (Å²) in [4.78, 5) is 3.48. The first-order chi connectivity index (χ1) is 7.74. The van der Waals surface area contributed by atoms with Crippen molar-refractivity contribution < 1.29 is 0 Å². The third-order valence-electron chi connectivity index (χ3n) is 3.19. The minimum atomic E-state index is 1.01. The topological polar surface area (TPSA) is 27.8 Å². The van der Waals surface area contributed by atoms with Crippen LogP contribution in [-0.4, -0.2) is 11.5 Å². The fourth-order valence-corrected chi connectivity index (χ4v) is 2.44. The fraction of sp³-hybridized carbons (Fsp3) is 0.286. The van der Waals surface area contributed by atoms with Crippen molar-refractivity contribution in [3.05, 3.63) is 41.1 Å². The lowest BCUT2D eigenvalue weighted by Crippen LogP contribution is -2.02. The SMILES string of the molecule is Cc1ccc2c(c1)-c1[nH]c(C)cc1CCN2. The van der Waals surface area contributed by atoms with Crippen LogP contribution in [0.3, 0.4) is 0 Å². The van der Waals surface area contributed by atoms with Crippen molar-refractivity contribution in [3.63, 3.8) is 0 Å². The van der Waals surface area contributed by atoms with E-state index in [4.69, 9.17) is 0 Å². The average molecular weight is 212 g/mol. The zero-order valence-corrected chi connectivity index (χ0v) is 9.72. The molecule has 0 spiro atoms. The molecule has 0 atom stereocenters. The number of aromatic nitrogens is 1. The summed E-state index contributed by atoms with van der Waals surface area (Å²) in [6, 6.07) is 8.85. The van der Waals surface area contributed by atoms with Crippen LogP contribution in [0.4, 0.5) is 5.69 Å². The maximum Gasteiger partial charge on any atom is 0.0510 e. The second-order valence-corrected chi connectivity index (χ2v) is 4.58. The Hall–Kier alpha value is -1.70. The maximum atomic E-state index is 3.48.